The van der Waals surface area contributed by atoms with E-state index in [4.69, 9.17) is 13.9 Å². The summed E-state index contributed by atoms with van der Waals surface area (Å²) in [5.74, 6) is -6.04. The van der Waals surface area contributed by atoms with Gasteiger partial charge in [-0.15, -0.1) is 10.2 Å². The third-order valence-electron chi connectivity index (χ3n) is 8.30. The number of hydrogen-bond acceptors (Lipinski definition) is 9. The zero-order chi connectivity index (χ0) is 36.8. The molecule has 0 radical (unpaired) electrons. The second kappa shape index (κ2) is 13.1. The number of hydrogen-bond donors (Lipinski definition) is 1. The van der Waals surface area contributed by atoms with Crippen LogP contribution in [-0.4, -0.2) is 55.6 Å². The molecule has 0 unspecified atom stereocenters. The topological polar surface area (TPSA) is 141 Å². The first-order valence-corrected chi connectivity index (χ1v) is 17.4. The summed E-state index contributed by atoms with van der Waals surface area (Å²) >= 11 is 0. The van der Waals surface area contributed by atoms with Crippen LogP contribution in [0, 0.1) is 5.82 Å². The predicted octanol–water partition coefficient (Wildman–Crippen LogP) is 6.75. The summed E-state index contributed by atoms with van der Waals surface area (Å²) in [6.45, 7) is 7.14. The fourth-order valence-corrected chi connectivity index (χ4v) is 5.63. The van der Waals surface area contributed by atoms with Crippen LogP contribution in [-0.2, 0) is 36.6 Å². The van der Waals surface area contributed by atoms with Crippen LogP contribution in [0.3, 0.4) is 0 Å². The Balaban J connectivity index is 1.59. The molecule has 0 saturated carbocycles. The van der Waals surface area contributed by atoms with Gasteiger partial charge in [0.25, 0.3) is 11.8 Å². The first-order valence-electron chi connectivity index (χ1n) is 15.5. The zero-order valence-electron chi connectivity index (χ0n) is 28.5. The van der Waals surface area contributed by atoms with Crippen LogP contribution in [0.1, 0.15) is 58.1 Å². The molecule has 266 valence electrons. The molecular weight excluding hydrogens is 677 g/mol. The molecule has 50 heavy (non-hydrogen) atoms. The molecule has 0 spiro atoms. The van der Waals surface area contributed by atoms with Gasteiger partial charge in [-0.1, -0.05) is 36.4 Å². The number of ether oxygens (including phenoxy) is 2. The SMILES string of the molecule is COc1ccc(-c2ccc(CN3C(=O)[C@@H](NC(=O)OC(C)(C)C)CC(F)(F)c4cc(F)c(-c5nnc(C(C)(C)S(C)(=O)=O)o5)cc43)cc2)cc1. The van der Waals surface area contributed by atoms with E-state index in [0.29, 0.717) is 17.4 Å². The number of methoxy groups -OCH3 is 1. The second-order valence-electron chi connectivity index (χ2n) is 13.5. The average Bonchev–Trinajstić information content (AvgIpc) is 3.51. The molecular formula is C35H37F3N4O7S. The van der Waals surface area contributed by atoms with E-state index in [2.05, 4.69) is 15.5 Å². The van der Waals surface area contributed by atoms with Gasteiger partial charge in [0.1, 0.15) is 28.0 Å². The van der Waals surface area contributed by atoms with Crippen LogP contribution in [0.15, 0.2) is 65.1 Å². The van der Waals surface area contributed by atoms with Gasteiger partial charge < -0.3 is 24.1 Å². The molecule has 1 N–H and O–H groups in total. The number of halogens is 3. The molecule has 5 rings (SSSR count). The third kappa shape index (κ3) is 7.47. The molecule has 1 aliphatic rings. The summed E-state index contributed by atoms with van der Waals surface area (Å²) in [4.78, 5) is 27.9. The lowest BCUT2D eigenvalue weighted by molar-refractivity contribution is -0.123. The summed E-state index contributed by atoms with van der Waals surface area (Å²) in [5.41, 5.74) is -0.354. The minimum absolute atomic E-state index is 0.251. The minimum Gasteiger partial charge on any atom is -0.497 e. The van der Waals surface area contributed by atoms with Crippen LogP contribution in [0.5, 0.6) is 5.75 Å². The minimum atomic E-state index is -3.81. The van der Waals surface area contributed by atoms with Gasteiger partial charge in [-0.2, -0.15) is 0 Å². The van der Waals surface area contributed by atoms with E-state index >= 15 is 13.2 Å². The molecule has 11 nitrogen and oxygen atoms in total. The van der Waals surface area contributed by atoms with Crippen molar-refractivity contribution >= 4 is 27.5 Å². The highest BCUT2D eigenvalue weighted by atomic mass is 32.2. The lowest BCUT2D eigenvalue weighted by Gasteiger charge is -2.27. The Bertz CT molecular complexity index is 2020. The molecule has 0 bridgehead atoms. The maximum absolute atomic E-state index is 16.0. The van der Waals surface area contributed by atoms with Crippen LogP contribution in [0.25, 0.3) is 22.6 Å². The third-order valence-corrected chi connectivity index (χ3v) is 10.3. The van der Waals surface area contributed by atoms with Crippen molar-refractivity contribution in [2.45, 2.75) is 69.9 Å². The number of anilines is 1. The second-order valence-corrected chi connectivity index (χ2v) is 16.1. The molecule has 0 saturated heterocycles. The highest BCUT2D eigenvalue weighted by molar-refractivity contribution is 7.91. The zero-order valence-corrected chi connectivity index (χ0v) is 29.3. The Morgan fingerprint density at radius 1 is 1.02 bits per heavy atom. The van der Waals surface area contributed by atoms with Crippen LogP contribution in [0.4, 0.5) is 23.7 Å². The summed E-state index contributed by atoms with van der Waals surface area (Å²) in [7, 11) is -2.20. The van der Waals surface area contributed by atoms with Gasteiger partial charge in [-0.05, 0) is 75.6 Å². The predicted molar refractivity (Wildman–Crippen MR) is 179 cm³/mol. The summed E-state index contributed by atoms with van der Waals surface area (Å²) in [6, 6.07) is 14.2. The lowest BCUT2D eigenvalue weighted by atomic mass is 9.99. The van der Waals surface area contributed by atoms with E-state index in [1.165, 1.54) is 13.8 Å². The normalized spacial score (nSPS) is 16.4. The number of nitrogens with zero attached hydrogens (tertiary/aromatic N) is 3. The molecule has 4 aromatic rings. The van der Waals surface area contributed by atoms with Crippen molar-refractivity contribution in [3.8, 4) is 28.3 Å². The van der Waals surface area contributed by atoms with Crippen molar-refractivity contribution < 1.29 is 45.1 Å². The fraction of sp³-hybridized carbons (Fsp3) is 0.371. The number of carbonyl (C=O) groups is 2. The van der Waals surface area contributed by atoms with E-state index < -0.39 is 73.4 Å². The van der Waals surface area contributed by atoms with E-state index in [9.17, 15) is 18.0 Å². The van der Waals surface area contributed by atoms with Gasteiger partial charge in [-0.3, -0.25) is 4.79 Å². The standard InChI is InChI=1S/C35H37F3N4O7S/c1-33(2,3)49-32(44)39-27-18-35(37,38)25-17-26(36)24(29-40-41-31(48-29)34(4,5)50(7,45)46)16-28(25)42(30(27)43)19-20-8-10-21(11-9-20)22-12-14-23(47-6)15-13-22/h8-17,27H,18-19H2,1-7H3,(H,39,44)/t27-/m0/s1. The van der Waals surface area contributed by atoms with Crippen molar-refractivity contribution in [1.29, 1.82) is 0 Å². The summed E-state index contributed by atoms with van der Waals surface area (Å²) < 4.78 is 86.8. The van der Waals surface area contributed by atoms with E-state index in [1.807, 2.05) is 12.1 Å². The van der Waals surface area contributed by atoms with Crippen LogP contribution < -0.4 is 15.0 Å². The van der Waals surface area contributed by atoms with Crippen molar-refractivity contribution in [2.75, 3.05) is 18.3 Å². The molecule has 3 aromatic carbocycles. The van der Waals surface area contributed by atoms with Gasteiger partial charge in [0.15, 0.2) is 9.84 Å². The number of alkyl halides is 2. The Hall–Kier alpha value is -4.92. The number of amides is 2. The monoisotopic (exact) mass is 714 g/mol. The number of benzene rings is 3. The molecule has 1 aromatic heterocycles. The Labute approximate surface area is 287 Å². The summed E-state index contributed by atoms with van der Waals surface area (Å²) in [5, 5.41) is 9.87. The molecule has 2 heterocycles. The summed E-state index contributed by atoms with van der Waals surface area (Å²) in [6.07, 6.45) is -1.30. The number of fused-ring (bicyclic) bond motifs is 1. The van der Waals surface area contributed by atoms with Gasteiger partial charge >= 0.3 is 6.09 Å². The van der Waals surface area contributed by atoms with Crippen LogP contribution in [0.2, 0.25) is 0 Å². The molecule has 15 heteroatoms. The fourth-order valence-electron chi connectivity index (χ4n) is 5.23. The molecule has 1 atom stereocenters. The largest absolute Gasteiger partial charge is 0.497 e. The average molecular weight is 715 g/mol. The molecule has 0 aliphatic carbocycles. The highest BCUT2D eigenvalue weighted by Gasteiger charge is 2.47. The smallest absolute Gasteiger partial charge is 0.408 e. The number of sulfone groups is 1. The van der Waals surface area contributed by atoms with E-state index in [1.54, 1.807) is 64.3 Å². The molecule has 0 fully saturated rings. The first-order chi connectivity index (χ1) is 23.2. The first kappa shape index (κ1) is 36.4. The Morgan fingerprint density at radius 2 is 1.62 bits per heavy atom. The number of aromatic nitrogens is 2. The van der Waals surface area contributed by atoms with E-state index in [0.717, 1.165) is 28.3 Å². The van der Waals surface area contributed by atoms with Crippen molar-refractivity contribution in [2.24, 2.45) is 0 Å². The van der Waals surface area contributed by atoms with Crippen LogP contribution >= 0.6 is 0 Å². The lowest BCUT2D eigenvalue weighted by Crippen LogP contribution is -2.49. The Morgan fingerprint density at radius 3 is 2.18 bits per heavy atom. The van der Waals surface area contributed by atoms with E-state index in [-0.39, 0.29) is 18.1 Å². The number of carbonyl (C=O) groups excluding carboxylic acids is 2. The van der Waals surface area contributed by atoms with Gasteiger partial charge in [0.2, 0.25) is 11.8 Å². The number of nitrogens with one attached hydrogen (secondary N) is 1. The van der Waals surface area contributed by atoms with Crippen molar-refractivity contribution in [3.05, 3.63) is 83.5 Å². The van der Waals surface area contributed by atoms with Gasteiger partial charge in [0, 0.05) is 18.2 Å². The quantitative estimate of drug-likeness (QED) is 0.210. The molecule has 1 aliphatic heterocycles. The van der Waals surface area contributed by atoms with Crippen molar-refractivity contribution in [1.82, 2.24) is 15.5 Å². The highest BCUT2D eigenvalue weighted by Crippen LogP contribution is 2.45. The number of alkyl carbamates (subject to hydrolysis) is 1. The Kier molecular flexibility index (Phi) is 9.51. The molecule has 2 amide bonds. The van der Waals surface area contributed by atoms with Gasteiger partial charge in [-0.25, -0.2) is 26.4 Å². The number of rotatable bonds is 8. The van der Waals surface area contributed by atoms with Gasteiger partial charge in [0.05, 0.1) is 24.9 Å². The maximum atomic E-state index is 16.0. The van der Waals surface area contributed by atoms with Crippen molar-refractivity contribution in [3.63, 3.8) is 0 Å². The maximum Gasteiger partial charge on any atom is 0.408 e.